The number of nitrogens with zero attached hydrogens (tertiary/aromatic N) is 4. The molecule has 2 fully saturated rings. The molecule has 6 heteroatoms. The van der Waals surface area contributed by atoms with Gasteiger partial charge >= 0.3 is 0 Å². The number of fused-ring (bicyclic) bond motifs is 1. The lowest BCUT2D eigenvalue weighted by atomic mass is 10.0. The quantitative estimate of drug-likeness (QED) is 0.880. The van der Waals surface area contributed by atoms with Gasteiger partial charge in [0.05, 0.1) is 0 Å². The van der Waals surface area contributed by atoms with E-state index < -0.39 is 0 Å². The summed E-state index contributed by atoms with van der Waals surface area (Å²) in [5.74, 6) is 0.780. The van der Waals surface area contributed by atoms with Crippen LogP contribution in [0.3, 0.4) is 0 Å². The fourth-order valence-electron chi connectivity index (χ4n) is 4.30. The van der Waals surface area contributed by atoms with Crippen molar-refractivity contribution in [2.24, 2.45) is 0 Å². The van der Waals surface area contributed by atoms with Crippen LogP contribution in [0, 0.1) is 0 Å². The average Bonchev–Trinajstić information content (AvgIpc) is 3.21. The number of benzene rings is 1. The molecule has 6 nitrogen and oxygen atoms in total. The first kappa shape index (κ1) is 18.2. The highest BCUT2D eigenvalue weighted by atomic mass is 16.1. The van der Waals surface area contributed by atoms with Crippen LogP contribution >= 0.6 is 0 Å². The van der Waals surface area contributed by atoms with Crippen LogP contribution in [0.1, 0.15) is 49.5 Å². The maximum absolute atomic E-state index is 12.7. The Bertz CT molecular complexity index is 802. The van der Waals surface area contributed by atoms with Crippen molar-refractivity contribution in [1.82, 2.24) is 20.4 Å². The second kappa shape index (κ2) is 8.21. The van der Waals surface area contributed by atoms with Crippen LogP contribution in [-0.4, -0.2) is 59.8 Å². The predicted molar refractivity (Wildman–Crippen MR) is 108 cm³/mol. The molecule has 0 spiro atoms. The monoisotopic (exact) mass is 367 g/mol. The maximum atomic E-state index is 12.7. The zero-order valence-electron chi connectivity index (χ0n) is 16.2. The van der Waals surface area contributed by atoms with Crippen molar-refractivity contribution in [1.29, 1.82) is 0 Å². The molecular weight excluding hydrogens is 338 g/mol. The van der Waals surface area contributed by atoms with Gasteiger partial charge < -0.3 is 15.1 Å². The van der Waals surface area contributed by atoms with E-state index in [1.165, 1.54) is 32.1 Å². The highest BCUT2D eigenvalue weighted by Gasteiger charge is 2.24. The van der Waals surface area contributed by atoms with E-state index in [2.05, 4.69) is 38.3 Å². The number of hydrogen-bond donors (Lipinski definition) is 1. The molecule has 144 valence electrons. The summed E-state index contributed by atoms with van der Waals surface area (Å²) in [5.41, 5.74) is 0.431. The summed E-state index contributed by atoms with van der Waals surface area (Å²) >= 11 is 0. The molecular formula is C21H29N5O. The summed E-state index contributed by atoms with van der Waals surface area (Å²) in [5, 5.41) is 13.8. The first-order chi connectivity index (χ1) is 13.2. The van der Waals surface area contributed by atoms with Gasteiger partial charge in [-0.3, -0.25) is 4.79 Å². The molecule has 1 aromatic carbocycles. The summed E-state index contributed by atoms with van der Waals surface area (Å²) < 4.78 is 0. The molecule has 27 heavy (non-hydrogen) atoms. The van der Waals surface area contributed by atoms with Crippen LogP contribution in [-0.2, 0) is 0 Å². The van der Waals surface area contributed by atoms with Gasteiger partial charge in [0.1, 0.15) is 0 Å². The van der Waals surface area contributed by atoms with E-state index in [0.29, 0.717) is 18.3 Å². The minimum absolute atomic E-state index is 0.129. The number of anilines is 1. The minimum atomic E-state index is -0.129. The van der Waals surface area contributed by atoms with Gasteiger partial charge in [-0.05, 0) is 52.1 Å². The smallest absolute Gasteiger partial charge is 0.272 e. The van der Waals surface area contributed by atoms with Crippen LogP contribution in [0.2, 0.25) is 0 Å². The Morgan fingerprint density at radius 3 is 2.59 bits per heavy atom. The zero-order chi connectivity index (χ0) is 18.6. The Morgan fingerprint density at radius 2 is 1.81 bits per heavy atom. The number of hydrogen-bond acceptors (Lipinski definition) is 5. The number of piperidine rings is 1. The van der Waals surface area contributed by atoms with E-state index in [4.69, 9.17) is 0 Å². The van der Waals surface area contributed by atoms with E-state index >= 15 is 0 Å². The second-order valence-corrected chi connectivity index (χ2v) is 7.76. The van der Waals surface area contributed by atoms with Crippen LogP contribution in [0.5, 0.6) is 0 Å². The summed E-state index contributed by atoms with van der Waals surface area (Å²) in [4.78, 5) is 17.5. The van der Waals surface area contributed by atoms with Crippen molar-refractivity contribution in [3.05, 3.63) is 30.0 Å². The number of rotatable bonds is 5. The normalized spacial score (nSPS) is 20.9. The van der Waals surface area contributed by atoms with Gasteiger partial charge in [-0.25, -0.2) is 0 Å². The van der Waals surface area contributed by atoms with E-state index in [0.717, 1.165) is 42.8 Å². The van der Waals surface area contributed by atoms with Crippen LogP contribution in [0.15, 0.2) is 24.3 Å². The van der Waals surface area contributed by atoms with Crippen molar-refractivity contribution in [3.8, 4) is 0 Å². The van der Waals surface area contributed by atoms with Crippen molar-refractivity contribution < 1.29 is 4.79 Å². The third-order valence-corrected chi connectivity index (χ3v) is 5.87. The molecule has 3 heterocycles. The molecule has 2 saturated heterocycles. The standard InChI is InChI=1S/C21H29N5O/c1-16-8-4-5-14-26(16)20-18-10-3-2-9-17(18)19(23-24-20)21(27)22-11-15-25-12-6-7-13-25/h2-3,9-10,16H,4-8,11-15H2,1H3,(H,22,27). The average molecular weight is 367 g/mol. The second-order valence-electron chi connectivity index (χ2n) is 7.76. The lowest BCUT2D eigenvalue weighted by molar-refractivity contribution is 0.0945. The van der Waals surface area contributed by atoms with Gasteiger partial charge in [0, 0.05) is 36.4 Å². The summed E-state index contributed by atoms with van der Waals surface area (Å²) in [6, 6.07) is 8.47. The largest absolute Gasteiger partial charge is 0.352 e. The van der Waals surface area contributed by atoms with Gasteiger partial charge in [-0.1, -0.05) is 24.3 Å². The summed E-state index contributed by atoms with van der Waals surface area (Å²) in [6.45, 7) is 7.08. The highest BCUT2D eigenvalue weighted by Crippen LogP contribution is 2.30. The Labute approximate surface area is 160 Å². The van der Waals surface area contributed by atoms with E-state index in [1.807, 2.05) is 18.2 Å². The first-order valence-corrected chi connectivity index (χ1v) is 10.3. The molecule has 1 unspecified atom stereocenters. The number of carbonyl (C=O) groups excluding carboxylic acids is 1. The highest BCUT2D eigenvalue weighted by molar-refractivity contribution is 6.07. The molecule has 0 aliphatic carbocycles. The van der Waals surface area contributed by atoms with Crippen molar-refractivity contribution in [2.45, 2.75) is 45.1 Å². The van der Waals surface area contributed by atoms with Gasteiger partial charge in [-0.2, -0.15) is 0 Å². The molecule has 2 aromatic rings. The van der Waals surface area contributed by atoms with Crippen molar-refractivity contribution >= 4 is 22.5 Å². The number of carbonyl (C=O) groups is 1. The molecule has 1 N–H and O–H groups in total. The van der Waals surface area contributed by atoms with Gasteiger partial charge in [0.25, 0.3) is 5.91 Å². The Hall–Kier alpha value is -2.21. The van der Waals surface area contributed by atoms with Gasteiger partial charge in [0.2, 0.25) is 0 Å². The Morgan fingerprint density at radius 1 is 1.07 bits per heavy atom. The van der Waals surface area contributed by atoms with Crippen molar-refractivity contribution in [2.75, 3.05) is 37.6 Å². The van der Waals surface area contributed by atoms with Gasteiger partial charge in [0.15, 0.2) is 11.5 Å². The number of nitrogens with one attached hydrogen (secondary N) is 1. The Balaban J connectivity index is 1.54. The predicted octanol–water partition coefficient (Wildman–Crippen LogP) is 2.83. The molecule has 0 radical (unpaired) electrons. The third-order valence-electron chi connectivity index (χ3n) is 5.87. The zero-order valence-corrected chi connectivity index (χ0v) is 16.2. The fourth-order valence-corrected chi connectivity index (χ4v) is 4.30. The summed E-state index contributed by atoms with van der Waals surface area (Å²) in [6.07, 6.45) is 6.15. The van der Waals surface area contributed by atoms with E-state index in [1.54, 1.807) is 0 Å². The fraction of sp³-hybridized carbons (Fsp3) is 0.571. The van der Waals surface area contributed by atoms with Crippen molar-refractivity contribution in [3.63, 3.8) is 0 Å². The number of aromatic nitrogens is 2. The SMILES string of the molecule is CC1CCCCN1c1nnc(C(=O)NCCN2CCCC2)c2ccccc12. The maximum Gasteiger partial charge on any atom is 0.272 e. The third kappa shape index (κ3) is 3.90. The molecule has 1 aromatic heterocycles. The van der Waals surface area contributed by atoms with Crippen LogP contribution in [0.4, 0.5) is 5.82 Å². The first-order valence-electron chi connectivity index (χ1n) is 10.3. The molecule has 1 amide bonds. The molecule has 0 bridgehead atoms. The molecule has 2 aliphatic rings. The molecule has 0 saturated carbocycles. The number of likely N-dealkylation sites (tertiary alicyclic amines) is 1. The lowest BCUT2D eigenvalue weighted by Crippen LogP contribution is -2.38. The molecule has 4 rings (SSSR count). The Kier molecular flexibility index (Phi) is 5.53. The van der Waals surface area contributed by atoms with Crippen LogP contribution in [0.25, 0.3) is 10.8 Å². The van der Waals surface area contributed by atoms with Crippen LogP contribution < -0.4 is 10.2 Å². The summed E-state index contributed by atoms with van der Waals surface area (Å²) in [7, 11) is 0. The van der Waals surface area contributed by atoms with Gasteiger partial charge in [-0.15, -0.1) is 10.2 Å². The lowest BCUT2D eigenvalue weighted by Gasteiger charge is -2.34. The molecule has 1 atom stereocenters. The molecule has 2 aliphatic heterocycles. The number of amides is 1. The minimum Gasteiger partial charge on any atom is -0.352 e. The van der Waals surface area contributed by atoms with E-state index in [-0.39, 0.29) is 5.91 Å². The topological polar surface area (TPSA) is 61.4 Å². The van der Waals surface area contributed by atoms with E-state index in [9.17, 15) is 4.79 Å².